The minimum absolute atomic E-state index is 0.184. The molecule has 0 aliphatic heterocycles. The van der Waals surface area contributed by atoms with Crippen molar-refractivity contribution in [3.63, 3.8) is 0 Å². The topological polar surface area (TPSA) is 63.6 Å². The molecule has 0 spiro atoms. The molecule has 0 radical (unpaired) electrons. The Morgan fingerprint density at radius 3 is 2.22 bits per heavy atom. The molecule has 0 bridgehead atoms. The van der Waals surface area contributed by atoms with Crippen molar-refractivity contribution in [3.8, 4) is 0 Å². The third kappa shape index (κ3) is 5.43. The molecule has 0 heterocycles. The van der Waals surface area contributed by atoms with Gasteiger partial charge in [0, 0.05) is 0 Å². The first-order valence-corrected chi connectivity index (χ1v) is 8.78. The van der Waals surface area contributed by atoms with Crippen molar-refractivity contribution in [1.29, 1.82) is 0 Å². The molecule has 1 fully saturated rings. The third-order valence-corrected chi connectivity index (χ3v) is 5.93. The van der Waals surface area contributed by atoms with E-state index in [1.54, 1.807) is 0 Å². The molecule has 0 amide bonds. The van der Waals surface area contributed by atoms with Crippen molar-refractivity contribution >= 4 is 26.5 Å². The van der Waals surface area contributed by atoms with Crippen LogP contribution in [0.3, 0.4) is 0 Å². The summed E-state index contributed by atoms with van der Waals surface area (Å²) in [5.41, 5.74) is -0.518. The van der Waals surface area contributed by atoms with E-state index in [1.807, 2.05) is 20.8 Å². The van der Waals surface area contributed by atoms with Gasteiger partial charge in [-0.25, -0.2) is 0 Å². The number of rotatable bonds is 4. The SMILES string of the molecule is CC(C)(C)OC(=O)[AsH][C@@H](C(=O)O)C1CCCCC1. The summed E-state index contributed by atoms with van der Waals surface area (Å²) in [6.45, 7) is 5.44. The fraction of sp³-hybridized carbons (Fsp3) is 0.846. The van der Waals surface area contributed by atoms with E-state index in [4.69, 9.17) is 4.74 Å². The van der Waals surface area contributed by atoms with E-state index in [9.17, 15) is 14.7 Å². The van der Waals surface area contributed by atoms with Crippen LogP contribution in [0.2, 0.25) is 4.71 Å². The molecule has 104 valence electrons. The quantitative estimate of drug-likeness (QED) is 0.810. The predicted octanol–water partition coefficient (Wildman–Crippen LogP) is 2.81. The van der Waals surface area contributed by atoms with Crippen molar-refractivity contribution in [1.82, 2.24) is 0 Å². The average Bonchev–Trinajstić information content (AvgIpc) is 2.24. The molecule has 1 aliphatic rings. The Hall–Kier alpha value is -0.502. The van der Waals surface area contributed by atoms with Crippen LogP contribution in [0, 0.1) is 5.92 Å². The summed E-state index contributed by atoms with van der Waals surface area (Å²) in [7, 11) is 0. The molecule has 5 heteroatoms. The van der Waals surface area contributed by atoms with Crippen LogP contribution in [0.25, 0.3) is 0 Å². The number of carboxylic acid groups (broad SMARTS) is 1. The van der Waals surface area contributed by atoms with Gasteiger partial charge in [-0.2, -0.15) is 0 Å². The van der Waals surface area contributed by atoms with Crippen LogP contribution >= 0.6 is 0 Å². The van der Waals surface area contributed by atoms with E-state index >= 15 is 0 Å². The first-order valence-electron chi connectivity index (χ1n) is 6.52. The molecule has 2 atom stereocenters. The Morgan fingerprint density at radius 1 is 1.22 bits per heavy atom. The van der Waals surface area contributed by atoms with Crippen LogP contribution in [0.1, 0.15) is 52.9 Å². The zero-order chi connectivity index (χ0) is 13.8. The Kier molecular flexibility index (Phi) is 5.71. The summed E-state index contributed by atoms with van der Waals surface area (Å²) < 4.78 is 4.53. The summed E-state index contributed by atoms with van der Waals surface area (Å²) in [5.74, 6) is -0.628. The number of aliphatic carboxylic acids is 1. The van der Waals surface area contributed by atoms with Gasteiger partial charge in [-0.15, -0.1) is 0 Å². The molecule has 4 nitrogen and oxygen atoms in total. The molecule has 1 rings (SSSR count). The van der Waals surface area contributed by atoms with Gasteiger partial charge < -0.3 is 0 Å². The number of carbonyl (C=O) groups is 2. The van der Waals surface area contributed by atoms with Crippen molar-refractivity contribution in [2.24, 2.45) is 5.92 Å². The number of carboxylic acids is 1. The summed E-state index contributed by atoms with van der Waals surface area (Å²) in [6, 6.07) is 0. The van der Waals surface area contributed by atoms with Gasteiger partial charge >= 0.3 is 115 Å². The molecule has 0 aromatic carbocycles. The fourth-order valence-corrected chi connectivity index (χ4v) is 5.03. The van der Waals surface area contributed by atoms with Crippen molar-refractivity contribution in [2.45, 2.75) is 63.2 Å². The molecule has 0 aromatic heterocycles. The Bertz CT molecular complexity index is 303. The summed E-state index contributed by atoms with van der Waals surface area (Å²) in [4.78, 5) is 23.1. The predicted molar refractivity (Wildman–Crippen MR) is 71.3 cm³/mol. The zero-order valence-electron chi connectivity index (χ0n) is 11.4. The summed E-state index contributed by atoms with van der Waals surface area (Å²) >= 11 is -1.25. The van der Waals surface area contributed by atoms with E-state index in [2.05, 4.69) is 0 Å². The van der Waals surface area contributed by atoms with Gasteiger partial charge in [0.05, 0.1) is 0 Å². The second-order valence-corrected chi connectivity index (χ2v) is 8.63. The molecule has 1 aliphatic carbocycles. The Labute approximate surface area is 115 Å². The van der Waals surface area contributed by atoms with Gasteiger partial charge in [-0.3, -0.25) is 0 Å². The summed E-state index contributed by atoms with van der Waals surface area (Å²) in [5, 5.41) is 9.30. The molecular weight excluding hydrogens is 295 g/mol. The number of hydrogen-bond donors (Lipinski definition) is 1. The van der Waals surface area contributed by atoms with Crippen LogP contribution in [-0.4, -0.2) is 37.2 Å². The molecular formula is C13H23AsO4. The second-order valence-electron chi connectivity index (χ2n) is 5.86. The van der Waals surface area contributed by atoms with E-state index < -0.39 is 32.0 Å². The van der Waals surface area contributed by atoms with Crippen LogP contribution in [-0.2, 0) is 9.53 Å². The van der Waals surface area contributed by atoms with Gasteiger partial charge in [0.1, 0.15) is 0 Å². The van der Waals surface area contributed by atoms with Gasteiger partial charge in [0.2, 0.25) is 0 Å². The van der Waals surface area contributed by atoms with Crippen molar-refractivity contribution in [3.05, 3.63) is 0 Å². The van der Waals surface area contributed by atoms with Crippen LogP contribution < -0.4 is 0 Å². The first kappa shape index (κ1) is 15.6. The van der Waals surface area contributed by atoms with Gasteiger partial charge in [0.25, 0.3) is 0 Å². The monoisotopic (exact) mass is 318 g/mol. The Balaban J connectivity index is 2.57. The van der Waals surface area contributed by atoms with E-state index in [0.717, 1.165) is 25.7 Å². The molecule has 1 unspecified atom stereocenters. The van der Waals surface area contributed by atoms with Crippen molar-refractivity contribution in [2.75, 3.05) is 0 Å². The standard InChI is InChI=1S/C13H23AsO4/c1-13(2,3)18-12(17)14-10(11(15)16)9-7-5-4-6-8-9/h9-10,14H,4-8H2,1-3H3,(H,15,16)/t10-/m1/s1. The number of ether oxygens (including phenoxy) is 1. The molecule has 0 saturated heterocycles. The molecule has 18 heavy (non-hydrogen) atoms. The fourth-order valence-electron chi connectivity index (χ4n) is 2.28. The second kappa shape index (κ2) is 6.60. The van der Waals surface area contributed by atoms with E-state index in [-0.39, 0.29) is 10.7 Å². The normalized spacial score (nSPS) is 19.9. The molecule has 1 saturated carbocycles. The number of hydrogen-bond acceptors (Lipinski definition) is 3. The molecule has 1 N–H and O–H groups in total. The summed E-state index contributed by atoms with van der Waals surface area (Å²) in [6.07, 6.45) is 5.27. The van der Waals surface area contributed by atoms with Crippen LogP contribution in [0.4, 0.5) is 4.79 Å². The zero-order valence-corrected chi connectivity index (χ0v) is 13.5. The van der Waals surface area contributed by atoms with E-state index in [0.29, 0.717) is 0 Å². The minimum atomic E-state index is -1.25. The van der Waals surface area contributed by atoms with Gasteiger partial charge in [-0.05, 0) is 0 Å². The third-order valence-electron chi connectivity index (χ3n) is 3.06. The average molecular weight is 318 g/mol. The van der Waals surface area contributed by atoms with Crippen LogP contribution in [0.5, 0.6) is 0 Å². The van der Waals surface area contributed by atoms with Gasteiger partial charge in [-0.1, -0.05) is 0 Å². The number of carbonyl (C=O) groups excluding carboxylic acids is 1. The van der Waals surface area contributed by atoms with E-state index in [1.165, 1.54) is 6.42 Å². The maximum atomic E-state index is 11.8. The maximum absolute atomic E-state index is 11.8. The van der Waals surface area contributed by atoms with Crippen molar-refractivity contribution < 1.29 is 19.4 Å². The first-order chi connectivity index (χ1) is 8.29. The van der Waals surface area contributed by atoms with Gasteiger partial charge in [0.15, 0.2) is 0 Å². The van der Waals surface area contributed by atoms with Crippen LogP contribution in [0.15, 0.2) is 0 Å². The molecule has 0 aromatic rings. The Morgan fingerprint density at radius 2 is 1.78 bits per heavy atom.